The summed E-state index contributed by atoms with van der Waals surface area (Å²) in [6.45, 7) is 9.23. The van der Waals surface area contributed by atoms with Crippen LogP contribution in [0, 0.1) is 0 Å². The van der Waals surface area contributed by atoms with E-state index >= 15 is 0 Å². The van der Waals surface area contributed by atoms with Gasteiger partial charge in [-0.2, -0.15) is 0 Å². The van der Waals surface area contributed by atoms with Gasteiger partial charge in [-0.15, -0.1) is 0 Å². The molecule has 1 fully saturated rings. The molecule has 25 heavy (non-hydrogen) atoms. The van der Waals surface area contributed by atoms with Gasteiger partial charge in [0.15, 0.2) is 12.6 Å². The molecule has 2 aliphatic rings. The normalized spacial score (nSPS) is 24.4. The zero-order chi connectivity index (χ0) is 17.6. The van der Waals surface area contributed by atoms with Crippen molar-refractivity contribution in [1.29, 1.82) is 0 Å². The van der Waals surface area contributed by atoms with E-state index in [-0.39, 0.29) is 12.6 Å². The van der Waals surface area contributed by atoms with Gasteiger partial charge in [0.1, 0.15) is 5.76 Å². The predicted octanol–water partition coefficient (Wildman–Crippen LogP) is 4.88. The molecular weight excluding hydrogens is 314 g/mol. The maximum absolute atomic E-state index is 5.82. The monoisotopic (exact) mass is 341 g/mol. The number of ether oxygens (including phenoxy) is 3. The Labute approximate surface area is 149 Å². The van der Waals surface area contributed by atoms with Gasteiger partial charge in [0.2, 0.25) is 0 Å². The van der Waals surface area contributed by atoms with E-state index in [1.54, 1.807) is 0 Å². The minimum atomic E-state index is -0.0466. The third-order valence-corrected chi connectivity index (χ3v) is 5.20. The van der Waals surface area contributed by atoms with Gasteiger partial charge in [0, 0.05) is 23.7 Å². The van der Waals surface area contributed by atoms with Crippen molar-refractivity contribution < 1.29 is 14.2 Å². The van der Waals surface area contributed by atoms with Crippen molar-refractivity contribution in [3.8, 4) is 0 Å². The summed E-state index contributed by atoms with van der Waals surface area (Å²) in [7, 11) is 0. The number of benzene rings is 1. The first-order valence-electron chi connectivity index (χ1n) is 9.34. The number of aromatic nitrogens is 1. The molecule has 0 unspecified atom stereocenters. The smallest absolute Gasteiger partial charge is 0.164 e. The molecule has 1 aromatic carbocycles. The van der Waals surface area contributed by atoms with Gasteiger partial charge in [0.05, 0.1) is 12.3 Å². The molecule has 1 aromatic heterocycles. The zero-order valence-corrected chi connectivity index (χ0v) is 15.5. The number of rotatable bonds is 4. The Kier molecular flexibility index (Phi) is 4.34. The second-order valence-electron chi connectivity index (χ2n) is 7.30. The number of aromatic amines is 1. The second-order valence-corrected chi connectivity index (χ2v) is 7.30. The topological polar surface area (TPSA) is 43.5 Å². The molecule has 1 N–H and O–H groups in total. The van der Waals surface area contributed by atoms with E-state index in [2.05, 4.69) is 37.0 Å². The van der Waals surface area contributed by atoms with E-state index in [1.807, 2.05) is 13.8 Å². The summed E-state index contributed by atoms with van der Waals surface area (Å²) >= 11 is 0. The lowest BCUT2D eigenvalue weighted by Gasteiger charge is -2.33. The predicted molar refractivity (Wildman–Crippen MR) is 99.4 cm³/mol. The van der Waals surface area contributed by atoms with E-state index in [1.165, 1.54) is 27.6 Å². The zero-order valence-electron chi connectivity index (χ0n) is 15.5. The molecule has 4 heteroatoms. The fourth-order valence-electron chi connectivity index (χ4n) is 3.93. The molecule has 0 aliphatic carbocycles. The number of aryl methyl sites for hydroxylation is 1. The summed E-state index contributed by atoms with van der Waals surface area (Å²) in [4.78, 5) is 3.64. The van der Waals surface area contributed by atoms with E-state index in [4.69, 9.17) is 14.2 Å². The van der Waals surface area contributed by atoms with Crippen molar-refractivity contribution >= 4 is 16.7 Å². The molecule has 0 spiro atoms. The summed E-state index contributed by atoms with van der Waals surface area (Å²) in [6.07, 6.45) is 4.80. The third kappa shape index (κ3) is 2.98. The van der Waals surface area contributed by atoms with Gasteiger partial charge < -0.3 is 19.2 Å². The van der Waals surface area contributed by atoms with Gasteiger partial charge in [-0.05, 0) is 55.0 Å². The first-order valence-corrected chi connectivity index (χ1v) is 9.34. The average Bonchev–Trinajstić information content (AvgIpc) is 2.95. The standard InChI is InChI=1S/C21H27NO3/c1-5-18-21-15(8-9-23-18)17-11-14(6-7-19-24-13(4)25-19)10-16(12(2)3)20(17)22-21/h5,10-13,19,22H,6-9H2,1-4H3/b18-5-. The molecule has 4 nitrogen and oxygen atoms in total. The van der Waals surface area contributed by atoms with Crippen molar-refractivity contribution in [1.82, 2.24) is 4.98 Å². The highest BCUT2D eigenvalue weighted by molar-refractivity contribution is 5.92. The van der Waals surface area contributed by atoms with Crippen LogP contribution in [0.25, 0.3) is 16.7 Å². The molecule has 1 saturated heterocycles. The van der Waals surface area contributed by atoms with Gasteiger partial charge in [-0.25, -0.2) is 0 Å². The van der Waals surface area contributed by atoms with Crippen LogP contribution in [-0.4, -0.2) is 24.2 Å². The number of fused-ring (bicyclic) bond motifs is 3. The van der Waals surface area contributed by atoms with Crippen LogP contribution in [0.5, 0.6) is 0 Å². The van der Waals surface area contributed by atoms with Crippen LogP contribution in [0.3, 0.4) is 0 Å². The number of allylic oxidation sites excluding steroid dienone is 1. The maximum Gasteiger partial charge on any atom is 0.164 e. The van der Waals surface area contributed by atoms with Crippen LogP contribution in [0.15, 0.2) is 18.2 Å². The lowest BCUT2D eigenvalue weighted by atomic mass is 9.94. The highest BCUT2D eigenvalue weighted by Crippen LogP contribution is 2.36. The molecule has 0 amide bonds. The van der Waals surface area contributed by atoms with Crippen molar-refractivity contribution in [2.24, 2.45) is 0 Å². The molecule has 0 bridgehead atoms. The fraction of sp³-hybridized carbons (Fsp3) is 0.524. The van der Waals surface area contributed by atoms with Crippen molar-refractivity contribution in [3.63, 3.8) is 0 Å². The largest absolute Gasteiger partial charge is 0.491 e. The summed E-state index contributed by atoms with van der Waals surface area (Å²) in [6, 6.07) is 4.68. The Morgan fingerprint density at radius 2 is 2.08 bits per heavy atom. The molecule has 0 saturated carbocycles. The molecule has 0 radical (unpaired) electrons. The molecule has 2 aromatic rings. The molecule has 3 heterocycles. The lowest BCUT2D eigenvalue weighted by molar-refractivity contribution is -0.376. The fourth-order valence-corrected chi connectivity index (χ4v) is 3.93. The van der Waals surface area contributed by atoms with Gasteiger partial charge in [-0.1, -0.05) is 19.9 Å². The molecule has 134 valence electrons. The number of H-pyrrole nitrogens is 1. The second kappa shape index (κ2) is 6.50. The van der Waals surface area contributed by atoms with Crippen molar-refractivity contribution in [2.75, 3.05) is 6.61 Å². The highest BCUT2D eigenvalue weighted by atomic mass is 16.9. The molecular formula is C21H27NO3. The Morgan fingerprint density at radius 1 is 1.28 bits per heavy atom. The Hall–Kier alpha value is -1.78. The number of nitrogens with one attached hydrogen (secondary N) is 1. The highest BCUT2D eigenvalue weighted by Gasteiger charge is 2.27. The minimum absolute atomic E-state index is 0.0450. The number of hydrogen-bond donors (Lipinski definition) is 1. The minimum Gasteiger partial charge on any atom is -0.491 e. The third-order valence-electron chi connectivity index (χ3n) is 5.20. The van der Waals surface area contributed by atoms with E-state index in [0.717, 1.165) is 37.3 Å². The SMILES string of the molecule is C/C=C1\OCCc2c1[nH]c1c(C(C)C)cc(CCC3OC(C)O3)cc21. The summed E-state index contributed by atoms with van der Waals surface area (Å²) in [5.41, 5.74) is 6.54. The summed E-state index contributed by atoms with van der Waals surface area (Å²) in [5.74, 6) is 1.44. The maximum atomic E-state index is 5.82. The summed E-state index contributed by atoms with van der Waals surface area (Å²) in [5, 5.41) is 1.35. The van der Waals surface area contributed by atoms with Crippen molar-refractivity contribution in [2.45, 2.75) is 65.5 Å². The van der Waals surface area contributed by atoms with E-state index < -0.39 is 0 Å². The van der Waals surface area contributed by atoms with Crippen LogP contribution in [-0.2, 0) is 27.1 Å². The van der Waals surface area contributed by atoms with Crippen LogP contribution in [0.4, 0.5) is 0 Å². The van der Waals surface area contributed by atoms with E-state index in [9.17, 15) is 0 Å². The van der Waals surface area contributed by atoms with Crippen LogP contribution in [0.2, 0.25) is 0 Å². The number of hydrogen-bond acceptors (Lipinski definition) is 3. The first-order chi connectivity index (χ1) is 12.1. The molecule has 4 rings (SSSR count). The summed E-state index contributed by atoms with van der Waals surface area (Å²) < 4.78 is 17.0. The Morgan fingerprint density at radius 3 is 2.76 bits per heavy atom. The van der Waals surface area contributed by atoms with Gasteiger partial charge in [-0.3, -0.25) is 0 Å². The first kappa shape index (κ1) is 16.7. The Balaban J connectivity index is 1.73. The Bertz CT molecular complexity index is 812. The lowest BCUT2D eigenvalue weighted by Crippen LogP contribution is -2.38. The average molecular weight is 341 g/mol. The van der Waals surface area contributed by atoms with Crippen LogP contribution < -0.4 is 0 Å². The quantitative estimate of drug-likeness (QED) is 0.862. The molecule has 2 aliphatic heterocycles. The van der Waals surface area contributed by atoms with Crippen LogP contribution in [0.1, 0.15) is 62.4 Å². The van der Waals surface area contributed by atoms with Crippen LogP contribution >= 0.6 is 0 Å². The molecule has 0 atom stereocenters. The van der Waals surface area contributed by atoms with Gasteiger partial charge >= 0.3 is 0 Å². The van der Waals surface area contributed by atoms with E-state index in [0.29, 0.717) is 5.92 Å². The van der Waals surface area contributed by atoms with Gasteiger partial charge in [0.25, 0.3) is 0 Å². The van der Waals surface area contributed by atoms with Crippen molar-refractivity contribution in [3.05, 3.63) is 40.6 Å².